The molecular formula is C10H21NO4S. The van der Waals surface area contributed by atoms with Gasteiger partial charge in [-0.05, 0) is 12.3 Å². The van der Waals surface area contributed by atoms with Crippen LogP contribution >= 0.6 is 0 Å². The van der Waals surface area contributed by atoms with Gasteiger partial charge < -0.3 is 15.5 Å². The second-order valence-electron chi connectivity index (χ2n) is 4.78. The predicted octanol–water partition coefficient (Wildman–Crippen LogP) is -0.859. The molecule has 0 amide bonds. The number of hydrogen-bond acceptors (Lipinski definition) is 5. The minimum atomic E-state index is -3.11. The summed E-state index contributed by atoms with van der Waals surface area (Å²) in [5, 5.41) is 21.7. The maximum Gasteiger partial charge on any atom is 0.154 e. The van der Waals surface area contributed by atoms with Gasteiger partial charge in [-0.25, -0.2) is 8.42 Å². The van der Waals surface area contributed by atoms with Crippen LogP contribution in [0.2, 0.25) is 0 Å². The van der Waals surface area contributed by atoms with E-state index in [0.717, 1.165) is 0 Å². The van der Waals surface area contributed by atoms with E-state index in [0.29, 0.717) is 12.3 Å². The fourth-order valence-corrected chi connectivity index (χ4v) is 3.77. The van der Waals surface area contributed by atoms with Gasteiger partial charge >= 0.3 is 0 Å². The minimum Gasteiger partial charge on any atom is -0.396 e. The normalized spacial score (nSPS) is 30.8. The molecule has 0 spiro atoms. The second kappa shape index (κ2) is 5.44. The van der Waals surface area contributed by atoms with Crippen LogP contribution < -0.4 is 5.32 Å². The molecule has 0 bridgehead atoms. The Morgan fingerprint density at radius 3 is 2.38 bits per heavy atom. The molecule has 0 aromatic rings. The summed E-state index contributed by atoms with van der Waals surface area (Å²) in [4.78, 5) is 0. The number of hydrogen-bond donors (Lipinski definition) is 3. The predicted molar refractivity (Wildman–Crippen MR) is 61.9 cm³/mol. The number of aliphatic hydroxyl groups is 2. The summed E-state index contributed by atoms with van der Waals surface area (Å²) in [5.74, 6) is 0.125. The highest BCUT2D eigenvalue weighted by atomic mass is 32.2. The van der Waals surface area contributed by atoms with Gasteiger partial charge in [-0.15, -0.1) is 0 Å². The summed E-state index contributed by atoms with van der Waals surface area (Å²) in [6.07, 6.45) is -0.258. The molecule has 1 heterocycles. The van der Waals surface area contributed by atoms with Gasteiger partial charge in [0.1, 0.15) is 0 Å². The van der Waals surface area contributed by atoms with E-state index in [-0.39, 0.29) is 24.2 Å². The Balaban J connectivity index is 2.59. The Morgan fingerprint density at radius 1 is 1.38 bits per heavy atom. The van der Waals surface area contributed by atoms with E-state index in [1.54, 1.807) is 0 Å². The van der Waals surface area contributed by atoms with Crippen LogP contribution in [0.5, 0.6) is 0 Å². The largest absolute Gasteiger partial charge is 0.396 e. The molecule has 0 aliphatic carbocycles. The van der Waals surface area contributed by atoms with Gasteiger partial charge in [0.25, 0.3) is 0 Å². The first kappa shape index (κ1) is 13.9. The molecule has 1 aliphatic rings. The van der Waals surface area contributed by atoms with E-state index in [1.807, 2.05) is 13.8 Å². The van der Waals surface area contributed by atoms with Crippen LogP contribution in [-0.2, 0) is 9.84 Å². The molecule has 0 aromatic carbocycles. The summed E-state index contributed by atoms with van der Waals surface area (Å²) in [6, 6.07) is -0.359. The van der Waals surface area contributed by atoms with Crippen LogP contribution in [0, 0.1) is 5.92 Å². The summed E-state index contributed by atoms with van der Waals surface area (Å²) < 4.78 is 22.6. The van der Waals surface area contributed by atoms with Crippen molar-refractivity contribution in [3.05, 3.63) is 0 Å². The van der Waals surface area contributed by atoms with Crippen molar-refractivity contribution in [2.24, 2.45) is 5.92 Å². The van der Waals surface area contributed by atoms with Crippen molar-refractivity contribution in [1.82, 2.24) is 5.32 Å². The average Bonchev–Trinajstić information content (AvgIpc) is 2.38. The average molecular weight is 251 g/mol. The van der Waals surface area contributed by atoms with Crippen molar-refractivity contribution in [2.45, 2.75) is 38.5 Å². The Morgan fingerprint density at radius 2 is 2.00 bits per heavy atom. The molecule has 1 rings (SSSR count). The highest BCUT2D eigenvalue weighted by molar-refractivity contribution is 7.91. The molecule has 0 radical (unpaired) electrons. The molecular weight excluding hydrogens is 230 g/mol. The summed E-state index contributed by atoms with van der Waals surface area (Å²) in [6.45, 7) is 4.07. The van der Waals surface area contributed by atoms with Gasteiger partial charge in [0.2, 0.25) is 0 Å². The topological polar surface area (TPSA) is 86.6 Å². The lowest BCUT2D eigenvalue weighted by Crippen LogP contribution is -2.47. The van der Waals surface area contributed by atoms with Crippen molar-refractivity contribution < 1.29 is 18.6 Å². The first-order chi connectivity index (χ1) is 7.35. The summed E-state index contributed by atoms with van der Waals surface area (Å²) in [5.41, 5.74) is 0. The molecule has 1 saturated heterocycles. The van der Waals surface area contributed by atoms with Crippen LogP contribution in [0.25, 0.3) is 0 Å². The molecule has 3 N–H and O–H groups in total. The lowest BCUT2D eigenvalue weighted by molar-refractivity contribution is 0.145. The number of sulfone groups is 1. The van der Waals surface area contributed by atoms with Gasteiger partial charge in [0, 0.05) is 18.7 Å². The van der Waals surface area contributed by atoms with Crippen LogP contribution in [0.3, 0.4) is 0 Å². The standard InChI is InChI=1S/C10H21NO4S/c1-7(2)8(3-4-12)11-9-5-16(14,15)6-10(9)13/h7-13H,3-6H2,1-2H3. The maximum atomic E-state index is 11.3. The Bertz CT molecular complexity index is 315. The molecule has 0 aromatic heterocycles. The van der Waals surface area contributed by atoms with E-state index in [1.165, 1.54) is 0 Å². The lowest BCUT2D eigenvalue weighted by atomic mass is 9.99. The van der Waals surface area contributed by atoms with Crippen LogP contribution in [0.1, 0.15) is 20.3 Å². The van der Waals surface area contributed by atoms with Crippen molar-refractivity contribution in [2.75, 3.05) is 18.1 Å². The molecule has 5 nitrogen and oxygen atoms in total. The number of aliphatic hydroxyl groups excluding tert-OH is 2. The Kier molecular flexibility index (Phi) is 4.73. The van der Waals surface area contributed by atoms with Crippen molar-refractivity contribution >= 4 is 9.84 Å². The van der Waals surface area contributed by atoms with E-state index < -0.39 is 22.0 Å². The molecule has 6 heteroatoms. The third-order valence-corrected chi connectivity index (χ3v) is 4.71. The monoisotopic (exact) mass is 251 g/mol. The van der Waals surface area contributed by atoms with E-state index in [4.69, 9.17) is 5.11 Å². The van der Waals surface area contributed by atoms with Gasteiger partial charge in [0.05, 0.1) is 17.6 Å². The van der Waals surface area contributed by atoms with Crippen molar-refractivity contribution in [1.29, 1.82) is 0 Å². The molecule has 1 fully saturated rings. The highest BCUT2D eigenvalue weighted by Gasteiger charge is 2.37. The molecule has 96 valence electrons. The summed E-state index contributed by atoms with van der Waals surface area (Å²) >= 11 is 0. The number of rotatable bonds is 5. The molecule has 3 unspecified atom stereocenters. The maximum absolute atomic E-state index is 11.3. The van der Waals surface area contributed by atoms with E-state index in [9.17, 15) is 13.5 Å². The SMILES string of the molecule is CC(C)C(CCO)NC1CS(=O)(=O)CC1O. The molecule has 1 aliphatic heterocycles. The smallest absolute Gasteiger partial charge is 0.154 e. The van der Waals surface area contributed by atoms with Gasteiger partial charge in [-0.1, -0.05) is 13.8 Å². The first-order valence-electron chi connectivity index (χ1n) is 5.61. The number of nitrogens with one attached hydrogen (secondary N) is 1. The van der Waals surface area contributed by atoms with Crippen molar-refractivity contribution in [3.63, 3.8) is 0 Å². The highest BCUT2D eigenvalue weighted by Crippen LogP contribution is 2.16. The van der Waals surface area contributed by atoms with Crippen LogP contribution in [0.4, 0.5) is 0 Å². The fourth-order valence-electron chi connectivity index (χ4n) is 2.01. The Labute approximate surface area is 96.8 Å². The van der Waals surface area contributed by atoms with E-state index >= 15 is 0 Å². The third kappa shape index (κ3) is 3.69. The fraction of sp³-hybridized carbons (Fsp3) is 1.00. The second-order valence-corrected chi connectivity index (χ2v) is 6.93. The first-order valence-corrected chi connectivity index (χ1v) is 7.43. The minimum absolute atomic E-state index is 0.0111. The van der Waals surface area contributed by atoms with Crippen LogP contribution in [0.15, 0.2) is 0 Å². The Hall–Kier alpha value is -0.170. The lowest BCUT2D eigenvalue weighted by Gasteiger charge is -2.26. The van der Waals surface area contributed by atoms with E-state index in [2.05, 4.69) is 5.32 Å². The third-order valence-electron chi connectivity index (χ3n) is 3.00. The zero-order valence-corrected chi connectivity index (χ0v) is 10.6. The molecule has 16 heavy (non-hydrogen) atoms. The van der Waals surface area contributed by atoms with Crippen LogP contribution in [-0.4, -0.2) is 54.9 Å². The van der Waals surface area contributed by atoms with Gasteiger partial charge in [0.15, 0.2) is 9.84 Å². The van der Waals surface area contributed by atoms with Gasteiger partial charge in [-0.3, -0.25) is 0 Å². The van der Waals surface area contributed by atoms with Gasteiger partial charge in [-0.2, -0.15) is 0 Å². The van der Waals surface area contributed by atoms with Crippen molar-refractivity contribution in [3.8, 4) is 0 Å². The summed E-state index contributed by atoms with van der Waals surface area (Å²) in [7, 11) is -3.11. The molecule has 3 atom stereocenters. The zero-order valence-electron chi connectivity index (χ0n) is 9.76. The molecule has 0 saturated carbocycles. The zero-order chi connectivity index (χ0) is 12.3. The quantitative estimate of drug-likeness (QED) is 0.592.